The third kappa shape index (κ3) is 3.36. The maximum atomic E-state index is 13.2. The first kappa shape index (κ1) is 19.7. The summed E-state index contributed by atoms with van der Waals surface area (Å²) >= 11 is 0. The Morgan fingerprint density at radius 2 is 1.74 bits per heavy atom. The van der Waals surface area contributed by atoms with Crippen molar-refractivity contribution >= 4 is 17.4 Å². The Bertz CT molecular complexity index is 1070. The maximum Gasteiger partial charge on any atom is 0.295 e. The zero-order chi connectivity index (χ0) is 21.5. The Hall–Kier alpha value is -3.28. The van der Waals surface area contributed by atoms with Crippen LogP contribution in [0.25, 0.3) is 5.76 Å². The second kappa shape index (κ2) is 7.76. The molecule has 2 aromatic rings. The van der Waals surface area contributed by atoms with E-state index in [1.54, 1.807) is 41.3 Å². The van der Waals surface area contributed by atoms with Crippen LogP contribution in [0, 0.1) is 0 Å². The summed E-state index contributed by atoms with van der Waals surface area (Å²) in [5.74, 6) is -0.482. The molecular weight excluding hydrogens is 394 g/mol. The number of Topliss-reactive ketones (excluding diaryl/α,β-unsaturated/α-hetero) is 1. The summed E-state index contributed by atoms with van der Waals surface area (Å²) in [6.45, 7) is 0.596. The van der Waals surface area contributed by atoms with Crippen LogP contribution >= 0.6 is 0 Å². The van der Waals surface area contributed by atoms with Crippen LogP contribution in [0.5, 0.6) is 11.5 Å². The van der Waals surface area contributed by atoms with Crippen molar-refractivity contribution in [1.82, 2.24) is 4.90 Å². The van der Waals surface area contributed by atoms with Crippen molar-refractivity contribution in [1.29, 1.82) is 0 Å². The third-order valence-corrected chi connectivity index (χ3v) is 6.62. The molecule has 1 saturated heterocycles. The van der Waals surface area contributed by atoms with Crippen LogP contribution in [-0.2, 0) is 16.0 Å². The van der Waals surface area contributed by atoms with Gasteiger partial charge in [0.1, 0.15) is 17.3 Å². The SMILES string of the molecule is O=C1C(=O)N(C2CCCCC2)C(c2ccc(O)cc2)/C1=C(/O)c1ccc2c(c1)CCO2. The molecule has 0 bridgehead atoms. The fourth-order valence-electron chi connectivity index (χ4n) is 5.06. The molecule has 2 aromatic carbocycles. The molecule has 3 aliphatic rings. The second-order valence-electron chi connectivity index (χ2n) is 8.51. The number of aromatic hydroxyl groups is 1. The second-order valence-corrected chi connectivity index (χ2v) is 8.51. The molecule has 2 N–H and O–H groups in total. The Balaban J connectivity index is 1.64. The van der Waals surface area contributed by atoms with E-state index < -0.39 is 17.7 Å². The molecule has 2 heterocycles. The van der Waals surface area contributed by atoms with Crippen LogP contribution in [0.4, 0.5) is 0 Å². The first-order valence-electron chi connectivity index (χ1n) is 10.9. The van der Waals surface area contributed by atoms with Gasteiger partial charge in [0.15, 0.2) is 0 Å². The van der Waals surface area contributed by atoms with E-state index in [1.165, 1.54) is 0 Å². The summed E-state index contributed by atoms with van der Waals surface area (Å²) in [7, 11) is 0. The Morgan fingerprint density at radius 3 is 2.48 bits per heavy atom. The van der Waals surface area contributed by atoms with E-state index in [0.29, 0.717) is 17.7 Å². The lowest BCUT2D eigenvalue weighted by atomic mass is 9.90. The zero-order valence-corrected chi connectivity index (χ0v) is 17.2. The third-order valence-electron chi connectivity index (χ3n) is 6.62. The average molecular weight is 419 g/mol. The highest BCUT2D eigenvalue weighted by atomic mass is 16.5. The number of phenols is 1. The van der Waals surface area contributed by atoms with Crippen molar-refractivity contribution in [3.05, 3.63) is 64.7 Å². The first-order valence-corrected chi connectivity index (χ1v) is 10.9. The smallest absolute Gasteiger partial charge is 0.295 e. The summed E-state index contributed by atoms with van der Waals surface area (Å²) in [6, 6.07) is 11.2. The molecule has 6 heteroatoms. The molecule has 1 atom stereocenters. The monoisotopic (exact) mass is 419 g/mol. The van der Waals surface area contributed by atoms with E-state index in [9.17, 15) is 19.8 Å². The molecule has 2 aliphatic heterocycles. The number of carbonyl (C=O) groups is 2. The zero-order valence-electron chi connectivity index (χ0n) is 17.2. The lowest BCUT2D eigenvalue weighted by Gasteiger charge is -2.35. The van der Waals surface area contributed by atoms with Crippen LogP contribution in [-0.4, -0.2) is 39.5 Å². The van der Waals surface area contributed by atoms with Crippen LogP contribution in [0.15, 0.2) is 48.0 Å². The Morgan fingerprint density at radius 1 is 1.00 bits per heavy atom. The van der Waals surface area contributed by atoms with Crippen molar-refractivity contribution < 1.29 is 24.5 Å². The number of likely N-dealkylation sites (tertiary alicyclic amines) is 1. The fourth-order valence-corrected chi connectivity index (χ4v) is 5.06. The highest BCUT2D eigenvalue weighted by Gasteiger charge is 2.48. The predicted octanol–water partition coefficient (Wildman–Crippen LogP) is 4.08. The summed E-state index contributed by atoms with van der Waals surface area (Å²) in [5.41, 5.74) is 2.30. The maximum absolute atomic E-state index is 13.2. The molecule has 6 nitrogen and oxygen atoms in total. The average Bonchev–Trinajstić information content (AvgIpc) is 3.36. The minimum atomic E-state index is -0.673. The first-order chi connectivity index (χ1) is 15.0. The van der Waals surface area contributed by atoms with Gasteiger partial charge >= 0.3 is 0 Å². The largest absolute Gasteiger partial charge is 0.508 e. The lowest BCUT2D eigenvalue weighted by molar-refractivity contribution is -0.141. The summed E-state index contributed by atoms with van der Waals surface area (Å²) in [5, 5.41) is 21.0. The highest BCUT2D eigenvalue weighted by Crippen LogP contribution is 2.43. The van der Waals surface area contributed by atoms with Crippen LogP contribution in [0.3, 0.4) is 0 Å². The molecule has 0 radical (unpaired) electrons. The molecule has 1 aliphatic carbocycles. The highest BCUT2D eigenvalue weighted by molar-refractivity contribution is 6.46. The van der Waals surface area contributed by atoms with Crippen molar-refractivity contribution in [2.45, 2.75) is 50.6 Å². The lowest BCUT2D eigenvalue weighted by Crippen LogP contribution is -2.40. The van der Waals surface area contributed by atoms with Crippen molar-refractivity contribution in [3.63, 3.8) is 0 Å². The van der Waals surface area contributed by atoms with Gasteiger partial charge in [-0.15, -0.1) is 0 Å². The van der Waals surface area contributed by atoms with Gasteiger partial charge in [-0.1, -0.05) is 31.4 Å². The molecule has 5 rings (SSSR count). The number of benzene rings is 2. The van der Waals surface area contributed by atoms with Gasteiger partial charge in [-0.3, -0.25) is 9.59 Å². The van der Waals surface area contributed by atoms with Gasteiger partial charge in [-0.2, -0.15) is 0 Å². The minimum Gasteiger partial charge on any atom is -0.508 e. The topological polar surface area (TPSA) is 87.1 Å². The molecule has 1 amide bonds. The number of hydrogen-bond donors (Lipinski definition) is 2. The van der Waals surface area contributed by atoms with Crippen molar-refractivity contribution in [2.24, 2.45) is 0 Å². The number of rotatable bonds is 3. The quantitative estimate of drug-likeness (QED) is 0.445. The summed E-state index contributed by atoms with van der Waals surface area (Å²) in [4.78, 5) is 28.0. The van der Waals surface area contributed by atoms with E-state index in [-0.39, 0.29) is 23.1 Å². The number of amides is 1. The standard InChI is InChI=1S/C25H25NO5/c27-19-9-6-15(7-10-19)22-21(23(28)17-8-11-20-16(14-17)12-13-31-20)24(29)25(30)26(22)18-4-2-1-3-5-18/h6-11,14,18,22,27-28H,1-5,12-13H2/b23-21-. The number of fused-ring (bicyclic) bond motifs is 1. The van der Waals surface area contributed by atoms with Crippen molar-refractivity contribution in [3.8, 4) is 11.5 Å². The number of nitrogens with zero attached hydrogens (tertiary/aromatic N) is 1. The van der Waals surface area contributed by atoms with E-state index >= 15 is 0 Å². The van der Waals surface area contributed by atoms with E-state index in [2.05, 4.69) is 0 Å². The number of hydrogen-bond acceptors (Lipinski definition) is 5. The van der Waals surface area contributed by atoms with Crippen LogP contribution in [0.1, 0.15) is 54.8 Å². The molecule has 31 heavy (non-hydrogen) atoms. The normalized spacial score (nSPS) is 23.1. The summed E-state index contributed by atoms with van der Waals surface area (Å²) in [6.07, 6.45) is 5.59. The predicted molar refractivity (Wildman–Crippen MR) is 115 cm³/mol. The number of carbonyl (C=O) groups excluding carboxylic acids is 2. The van der Waals surface area contributed by atoms with E-state index in [4.69, 9.17) is 4.74 Å². The Labute approximate surface area is 180 Å². The number of ketones is 1. The molecule has 2 fully saturated rings. The van der Waals surface area contributed by atoms with Crippen LogP contribution in [0.2, 0.25) is 0 Å². The van der Waals surface area contributed by atoms with Gasteiger partial charge < -0.3 is 19.8 Å². The van der Waals surface area contributed by atoms with E-state index in [0.717, 1.165) is 49.8 Å². The molecule has 0 spiro atoms. The Kier molecular flexibility index (Phi) is 4.93. The molecular formula is C25H25NO5. The molecule has 160 valence electrons. The van der Waals surface area contributed by atoms with Gasteiger partial charge in [0.05, 0.1) is 18.2 Å². The van der Waals surface area contributed by atoms with Gasteiger partial charge in [0, 0.05) is 18.0 Å². The molecule has 0 aromatic heterocycles. The summed E-state index contributed by atoms with van der Waals surface area (Å²) < 4.78 is 5.54. The van der Waals surface area contributed by atoms with Gasteiger partial charge in [0.2, 0.25) is 0 Å². The number of ether oxygens (including phenoxy) is 1. The van der Waals surface area contributed by atoms with Crippen LogP contribution < -0.4 is 4.74 Å². The van der Waals surface area contributed by atoms with E-state index in [1.807, 2.05) is 6.07 Å². The number of aliphatic hydroxyl groups is 1. The number of aliphatic hydroxyl groups excluding tert-OH is 1. The number of phenolic OH excluding ortho intramolecular Hbond substituents is 1. The molecule has 1 unspecified atom stereocenters. The van der Waals surface area contributed by atoms with Gasteiger partial charge in [-0.05, 0) is 54.3 Å². The van der Waals surface area contributed by atoms with Crippen molar-refractivity contribution in [2.75, 3.05) is 6.61 Å². The minimum absolute atomic E-state index is 0.0391. The molecule has 1 saturated carbocycles. The van der Waals surface area contributed by atoms with Gasteiger partial charge in [-0.25, -0.2) is 0 Å². The fraction of sp³-hybridized carbons (Fsp3) is 0.360. The van der Waals surface area contributed by atoms with Gasteiger partial charge in [0.25, 0.3) is 11.7 Å².